The van der Waals surface area contributed by atoms with Crippen molar-refractivity contribution < 1.29 is 0 Å². The Morgan fingerprint density at radius 3 is 3.08 bits per heavy atom. The van der Waals surface area contributed by atoms with Crippen molar-refractivity contribution in [2.75, 3.05) is 0 Å². The number of hydrogen-bond donors (Lipinski definition) is 0. The zero-order valence-corrected chi connectivity index (χ0v) is 7.27. The van der Waals surface area contributed by atoms with Gasteiger partial charge >= 0.3 is 0 Å². The molecule has 0 fully saturated rings. The molecule has 13 heavy (non-hydrogen) atoms. The van der Waals surface area contributed by atoms with Gasteiger partial charge in [0.15, 0.2) is 0 Å². The van der Waals surface area contributed by atoms with Crippen LogP contribution >= 0.6 is 0 Å². The molecule has 0 atom stereocenters. The van der Waals surface area contributed by atoms with E-state index in [0.717, 1.165) is 23.0 Å². The second-order valence-corrected chi connectivity index (χ2v) is 2.88. The number of hydrogen-bond acceptors (Lipinski definition) is 2. The zero-order chi connectivity index (χ0) is 9.10. The van der Waals surface area contributed by atoms with Crippen LogP contribution in [0, 0.1) is 0 Å². The van der Waals surface area contributed by atoms with Gasteiger partial charge in [0.1, 0.15) is 0 Å². The van der Waals surface area contributed by atoms with Crippen molar-refractivity contribution in [3.63, 3.8) is 0 Å². The van der Waals surface area contributed by atoms with Crippen molar-refractivity contribution in [3.8, 4) is 0 Å². The first-order valence-electron chi connectivity index (χ1n) is 4.21. The van der Waals surface area contributed by atoms with E-state index in [-0.39, 0.29) is 0 Å². The summed E-state index contributed by atoms with van der Waals surface area (Å²) in [5.41, 5.74) is 3.04. The smallest absolute Gasteiger partial charge is 0.0889 e. The van der Waals surface area contributed by atoms with Gasteiger partial charge in [-0.3, -0.25) is 9.97 Å². The van der Waals surface area contributed by atoms with Crippen molar-refractivity contribution in [1.82, 2.24) is 9.97 Å². The van der Waals surface area contributed by atoms with Gasteiger partial charge in [0.25, 0.3) is 0 Å². The van der Waals surface area contributed by atoms with E-state index < -0.39 is 0 Å². The van der Waals surface area contributed by atoms with Crippen LogP contribution in [0.3, 0.4) is 0 Å². The Kier molecular flexibility index (Phi) is 2.04. The summed E-state index contributed by atoms with van der Waals surface area (Å²) in [6, 6.07) is 5.90. The van der Waals surface area contributed by atoms with Crippen LogP contribution in [0.2, 0.25) is 0 Å². The number of allylic oxidation sites excluding steroid dienone is 1. The van der Waals surface area contributed by atoms with Crippen LogP contribution in [0.5, 0.6) is 0 Å². The SMILES string of the molecule is C=CCc1cnc2cccnc2c1. The normalized spacial score (nSPS) is 10.2. The van der Waals surface area contributed by atoms with Gasteiger partial charge in [0, 0.05) is 12.4 Å². The lowest BCUT2D eigenvalue weighted by atomic mass is 10.2. The molecule has 0 radical (unpaired) electrons. The van der Waals surface area contributed by atoms with Gasteiger partial charge in [0.2, 0.25) is 0 Å². The molecule has 0 N–H and O–H groups in total. The molecular weight excluding hydrogens is 160 g/mol. The molecular formula is C11H10N2. The highest BCUT2D eigenvalue weighted by molar-refractivity contribution is 5.73. The molecule has 64 valence electrons. The predicted molar refractivity (Wildman–Crippen MR) is 53.4 cm³/mol. The third-order valence-electron chi connectivity index (χ3n) is 1.89. The van der Waals surface area contributed by atoms with E-state index in [9.17, 15) is 0 Å². The van der Waals surface area contributed by atoms with Crippen molar-refractivity contribution in [2.24, 2.45) is 0 Å². The third-order valence-corrected chi connectivity index (χ3v) is 1.89. The summed E-state index contributed by atoms with van der Waals surface area (Å²) in [5.74, 6) is 0. The van der Waals surface area contributed by atoms with E-state index in [4.69, 9.17) is 0 Å². The van der Waals surface area contributed by atoms with E-state index in [1.165, 1.54) is 0 Å². The average molecular weight is 170 g/mol. The molecule has 0 aromatic carbocycles. The predicted octanol–water partition coefficient (Wildman–Crippen LogP) is 2.36. The number of pyridine rings is 2. The van der Waals surface area contributed by atoms with Crippen LogP contribution in [-0.4, -0.2) is 9.97 Å². The highest BCUT2D eigenvalue weighted by Gasteiger charge is 1.95. The Morgan fingerprint density at radius 1 is 1.31 bits per heavy atom. The monoisotopic (exact) mass is 170 g/mol. The van der Waals surface area contributed by atoms with Crippen LogP contribution in [-0.2, 0) is 6.42 Å². The molecule has 0 aliphatic rings. The highest BCUT2D eigenvalue weighted by atomic mass is 14.7. The molecule has 2 aromatic heterocycles. The summed E-state index contributed by atoms with van der Waals surface area (Å²) in [6.07, 6.45) is 6.36. The Balaban J connectivity index is 2.55. The van der Waals surface area contributed by atoms with Gasteiger partial charge in [0.05, 0.1) is 11.0 Å². The van der Waals surface area contributed by atoms with Crippen LogP contribution in [0.4, 0.5) is 0 Å². The fourth-order valence-electron chi connectivity index (χ4n) is 1.27. The standard InChI is InChI=1S/C11H10N2/c1-2-4-9-7-11-10(13-8-9)5-3-6-12-11/h2-3,5-8H,1,4H2. The van der Waals surface area contributed by atoms with Gasteiger partial charge in [-0.15, -0.1) is 6.58 Å². The topological polar surface area (TPSA) is 25.8 Å². The number of aromatic nitrogens is 2. The first-order chi connectivity index (χ1) is 6.40. The minimum atomic E-state index is 0.847. The van der Waals surface area contributed by atoms with E-state index in [2.05, 4.69) is 16.5 Å². The second-order valence-electron chi connectivity index (χ2n) is 2.88. The molecule has 0 saturated heterocycles. The number of rotatable bonds is 2. The summed E-state index contributed by atoms with van der Waals surface area (Å²) in [7, 11) is 0. The molecule has 0 bridgehead atoms. The molecule has 0 unspecified atom stereocenters. The molecule has 2 heteroatoms. The van der Waals surface area contributed by atoms with Gasteiger partial charge in [-0.25, -0.2) is 0 Å². The molecule has 2 aromatic rings. The Bertz CT molecular complexity index is 435. The van der Waals surface area contributed by atoms with Gasteiger partial charge in [-0.1, -0.05) is 6.08 Å². The fourth-order valence-corrected chi connectivity index (χ4v) is 1.27. The summed E-state index contributed by atoms with van der Waals surface area (Å²) in [6.45, 7) is 3.69. The third kappa shape index (κ3) is 1.56. The number of fused-ring (bicyclic) bond motifs is 1. The van der Waals surface area contributed by atoms with Crippen molar-refractivity contribution in [2.45, 2.75) is 6.42 Å². The fraction of sp³-hybridized carbons (Fsp3) is 0.0909. The number of nitrogens with zero attached hydrogens (tertiary/aromatic N) is 2. The average Bonchev–Trinajstić information content (AvgIpc) is 2.18. The minimum Gasteiger partial charge on any atom is -0.255 e. The highest BCUT2D eigenvalue weighted by Crippen LogP contribution is 2.10. The summed E-state index contributed by atoms with van der Waals surface area (Å²) >= 11 is 0. The summed E-state index contributed by atoms with van der Waals surface area (Å²) in [5, 5.41) is 0. The molecule has 0 saturated carbocycles. The maximum Gasteiger partial charge on any atom is 0.0889 e. The van der Waals surface area contributed by atoms with Gasteiger partial charge in [-0.2, -0.15) is 0 Å². The Labute approximate surface area is 77.0 Å². The maximum atomic E-state index is 4.29. The first kappa shape index (κ1) is 7.92. The van der Waals surface area contributed by atoms with E-state index in [1.54, 1.807) is 6.20 Å². The van der Waals surface area contributed by atoms with Gasteiger partial charge < -0.3 is 0 Å². The first-order valence-corrected chi connectivity index (χ1v) is 4.21. The summed E-state index contributed by atoms with van der Waals surface area (Å²) in [4.78, 5) is 8.52. The van der Waals surface area contributed by atoms with Crippen LogP contribution in [0.25, 0.3) is 11.0 Å². The second kappa shape index (κ2) is 3.35. The van der Waals surface area contributed by atoms with E-state index in [0.29, 0.717) is 0 Å². The lowest BCUT2D eigenvalue weighted by molar-refractivity contribution is 1.21. The molecule has 2 rings (SSSR count). The largest absolute Gasteiger partial charge is 0.255 e. The lowest BCUT2D eigenvalue weighted by Gasteiger charge is -1.98. The zero-order valence-electron chi connectivity index (χ0n) is 7.27. The van der Waals surface area contributed by atoms with Crippen LogP contribution in [0.15, 0.2) is 43.2 Å². The van der Waals surface area contributed by atoms with Crippen LogP contribution in [0.1, 0.15) is 5.56 Å². The lowest BCUT2D eigenvalue weighted by Crippen LogP contribution is -1.86. The van der Waals surface area contributed by atoms with Crippen molar-refractivity contribution in [3.05, 3.63) is 48.8 Å². The Morgan fingerprint density at radius 2 is 2.23 bits per heavy atom. The van der Waals surface area contributed by atoms with Crippen LogP contribution < -0.4 is 0 Å². The molecule has 2 heterocycles. The molecule has 0 aliphatic carbocycles. The Hall–Kier alpha value is -1.70. The van der Waals surface area contributed by atoms with E-state index in [1.807, 2.05) is 30.5 Å². The van der Waals surface area contributed by atoms with Crippen molar-refractivity contribution in [1.29, 1.82) is 0 Å². The summed E-state index contributed by atoms with van der Waals surface area (Å²) < 4.78 is 0. The van der Waals surface area contributed by atoms with Gasteiger partial charge in [-0.05, 0) is 30.2 Å². The molecule has 0 amide bonds. The molecule has 0 aliphatic heterocycles. The quantitative estimate of drug-likeness (QED) is 0.646. The van der Waals surface area contributed by atoms with E-state index >= 15 is 0 Å². The molecule has 2 nitrogen and oxygen atoms in total. The van der Waals surface area contributed by atoms with Crippen molar-refractivity contribution >= 4 is 11.0 Å². The molecule has 0 spiro atoms. The minimum absolute atomic E-state index is 0.847. The maximum absolute atomic E-state index is 4.29.